The minimum atomic E-state index is -1.35. The molecule has 0 atom stereocenters. The molecular formula is C13H10O4. The molecule has 0 aromatic heterocycles. The van der Waals surface area contributed by atoms with E-state index in [2.05, 4.69) is 4.74 Å². The fourth-order valence-corrected chi connectivity index (χ4v) is 1.33. The lowest BCUT2D eigenvalue weighted by atomic mass is 10.3. The molecule has 0 bridgehead atoms. The lowest BCUT2D eigenvalue weighted by Gasteiger charge is -2.06. The van der Waals surface area contributed by atoms with E-state index in [0.29, 0.717) is 11.5 Å². The van der Waals surface area contributed by atoms with Crippen molar-refractivity contribution in [3.05, 3.63) is 54.6 Å². The molecule has 0 fully saturated rings. The van der Waals surface area contributed by atoms with Gasteiger partial charge in [0.05, 0.1) is 0 Å². The van der Waals surface area contributed by atoms with Crippen LogP contribution in [0, 0.1) is 0 Å². The lowest BCUT2D eigenvalue weighted by Crippen LogP contribution is -2.02. The molecule has 1 N–H and O–H groups in total. The predicted octanol–water partition coefficient (Wildman–Crippen LogP) is 3.54. The monoisotopic (exact) mass is 230 g/mol. The first-order valence-electron chi connectivity index (χ1n) is 4.98. The molecule has 17 heavy (non-hydrogen) atoms. The van der Waals surface area contributed by atoms with Crippen LogP contribution in [0.1, 0.15) is 0 Å². The van der Waals surface area contributed by atoms with Gasteiger partial charge < -0.3 is 14.6 Å². The second-order valence-corrected chi connectivity index (χ2v) is 3.26. The molecule has 0 aliphatic carbocycles. The van der Waals surface area contributed by atoms with Gasteiger partial charge in [0, 0.05) is 6.07 Å². The van der Waals surface area contributed by atoms with Gasteiger partial charge in [-0.05, 0) is 24.3 Å². The zero-order valence-corrected chi connectivity index (χ0v) is 8.87. The number of hydrogen-bond acceptors (Lipinski definition) is 3. The standard InChI is InChI=1S/C13H10O4/c14-13(15)17-12-8-4-7-11(9-12)16-10-5-2-1-3-6-10/h1-9H,(H,14,15). The molecule has 2 rings (SSSR count). The Balaban J connectivity index is 2.14. The van der Waals surface area contributed by atoms with Crippen LogP contribution in [0.5, 0.6) is 17.2 Å². The zero-order valence-electron chi connectivity index (χ0n) is 8.87. The molecule has 0 saturated heterocycles. The highest BCUT2D eigenvalue weighted by Crippen LogP contribution is 2.24. The van der Waals surface area contributed by atoms with Crippen LogP contribution in [-0.2, 0) is 0 Å². The lowest BCUT2D eigenvalue weighted by molar-refractivity contribution is 0.144. The molecule has 4 nitrogen and oxygen atoms in total. The van der Waals surface area contributed by atoms with Crippen LogP contribution in [0.15, 0.2) is 54.6 Å². The third kappa shape index (κ3) is 3.24. The van der Waals surface area contributed by atoms with Crippen LogP contribution in [0.4, 0.5) is 4.79 Å². The van der Waals surface area contributed by atoms with Crippen molar-refractivity contribution in [3.8, 4) is 17.2 Å². The number of carbonyl (C=O) groups is 1. The van der Waals surface area contributed by atoms with Gasteiger partial charge in [0.15, 0.2) is 0 Å². The molecule has 86 valence electrons. The Morgan fingerprint density at radius 3 is 2.24 bits per heavy atom. The van der Waals surface area contributed by atoms with E-state index in [0.717, 1.165) is 0 Å². The van der Waals surface area contributed by atoms with Gasteiger partial charge in [0.25, 0.3) is 0 Å². The van der Waals surface area contributed by atoms with E-state index in [4.69, 9.17) is 9.84 Å². The maximum Gasteiger partial charge on any atom is 0.511 e. The van der Waals surface area contributed by atoms with Crippen molar-refractivity contribution in [2.45, 2.75) is 0 Å². The minimum Gasteiger partial charge on any atom is -0.457 e. The summed E-state index contributed by atoms with van der Waals surface area (Å²) in [6, 6.07) is 15.7. The first kappa shape index (κ1) is 11.0. The van der Waals surface area contributed by atoms with E-state index < -0.39 is 6.16 Å². The average molecular weight is 230 g/mol. The Hall–Kier alpha value is -2.49. The molecule has 2 aromatic carbocycles. The zero-order chi connectivity index (χ0) is 12.1. The summed E-state index contributed by atoms with van der Waals surface area (Å²) in [5, 5.41) is 8.48. The fraction of sp³-hybridized carbons (Fsp3) is 0. The molecule has 0 heterocycles. The van der Waals surface area contributed by atoms with Crippen LogP contribution in [0.25, 0.3) is 0 Å². The number of carboxylic acid groups (broad SMARTS) is 1. The molecule has 0 saturated carbocycles. The van der Waals surface area contributed by atoms with Crippen LogP contribution in [0.2, 0.25) is 0 Å². The van der Waals surface area contributed by atoms with Crippen LogP contribution in [-0.4, -0.2) is 11.3 Å². The Morgan fingerprint density at radius 2 is 1.53 bits per heavy atom. The maximum atomic E-state index is 10.4. The fourth-order valence-electron chi connectivity index (χ4n) is 1.33. The van der Waals surface area contributed by atoms with Crippen molar-refractivity contribution in [1.29, 1.82) is 0 Å². The second kappa shape index (κ2) is 5.03. The summed E-state index contributed by atoms with van der Waals surface area (Å²) in [7, 11) is 0. The van der Waals surface area contributed by atoms with Gasteiger partial charge >= 0.3 is 6.16 Å². The number of hydrogen-bond donors (Lipinski definition) is 1. The summed E-state index contributed by atoms with van der Waals surface area (Å²) in [5.74, 6) is 1.43. The molecule has 2 aromatic rings. The first-order valence-corrected chi connectivity index (χ1v) is 4.98. The number of benzene rings is 2. The molecule has 0 spiro atoms. The van der Waals surface area contributed by atoms with E-state index in [1.165, 1.54) is 6.07 Å². The van der Waals surface area contributed by atoms with Gasteiger partial charge in [0.1, 0.15) is 17.2 Å². The summed E-state index contributed by atoms with van der Waals surface area (Å²) < 4.78 is 10.1. The summed E-state index contributed by atoms with van der Waals surface area (Å²) in [6.07, 6.45) is -1.35. The van der Waals surface area contributed by atoms with Crippen molar-refractivity contribution in [2.75, 3.05) is 0 Å². The van der Waals surface area contributed by atoms with Gasteiger partial charge in [0.2, 0.25) is 0 Å². The molecule has 0 aliphatic rings. The Labute approximate surface area is 98.0 Å². The highest BCUT2D eigenvalue weighted by atomic mass is 16.7. The maximum absolute atomic E-state index is 10.4. The highest BCUT2D eigenvalue weighted by Gasteiger charge is 2.03. The first-order chi connectivity index (χ1) is 8.24. The molecule has 0 amide bonds. The van der Waals surface area contributed by atoms with Crippen molar-refractivity contribution in [3.63, 3.8) is 0 Å². The van der Waals surface area contributed by atoms with Crippen molar-refractivity contribution >= 4 is 6.16 Å². The number of rotatable bonds is 3. The van der Waals surface area contributed by atoms with Crippen molar-refractivity contribution < 1.29 is 19.4 Å². The average Bonchev–Trinajstić information content (AvgIpc) is 2.30. The SMILES string of the molecule is O=C(O)Oc1cccc(Oc2ccccc2)c1. The van der Waals surface area contributed by atoms with E-state index in [-0.39, 0.29) is 5.75 Å². The highest BCUT2D eigenvalue weighted by molar-refractivity contribution is 5.61. The summed E-state index contributed by atoms with van der Waals surface area (Å²) in [6.45, 7) is 0. The van der Waals surface area contributed by atoms with Gasteiger partial charge in [-0.2, -0.15) is 0 Å². The molecule has 0 aliphatic heterocycles. The number of ether oxygens (including phenoxy) is 2. The van der Waals surface area contributed by atoms with Crippen LogP contribution >= 0.6 is 0 Å². The third-order valence-corrected chi connectivity index (χ3v) is 1.99. The predicted molar refractivity (Wildman–Crippen MR) is 61.6 cm³/mol. The second-order valence-electron chi connectivity index (χ2n) is 3.26. The Kier molecular flexibility index (Phi) is 3.25. The third-order valence-electron chi connectivity index (χ3n) is 1.99. The van der Waals surface area contributed by atoms with Crippen LogP contribution < -0.4 is 9.47 Å². The van der Waals surface area contributed by atoms with E-state index >= 15 is 0 Å². The van der Waals surface area contributed by atoms with Crippen LogP contribution in [0.3, 0.4) is 0 Å². The molecule has 0 radical (unpaired) electrons. The van der Waals surface area contributed by atoms with E-state index in [1.54, 1.807) is 18.2 Å². The molecule has 4 heteroatoms. The molecule has 0 unspecified atom stereocenters. The topological polar surface area (TPSA) is 55.8 Å². The molecular weight excluding hydrogens is 220 g/mol. The largest absolute Gasteiger partial charge is 0.511 e. The summed E-state index contributed by atoms with van der Waals surface area (Å²) in [4.78, 5) is 10.4. The van der Waals surface area contributed by atoms with Gasteiger partial charge in [-0.3, -0.25) is 0 Å². The minimum absolute atomic E-state index is 0.228. The Bertz CT molecular complexity index is 508. The summed E-state index contributed by atoms with van der Waals surface area (Å²) >= 11 is 0. The normalized spacial score (nSPS) is 9.65. The Morgan fingerprint density at radius 1 is 0.882 bits per heavy atom. The smallest absolute Gasteiger partial charge is 0.457 e. The van der Waals surface area contributed by atoms with Gasteiger partial charge in [-0.1, -0.05) is 24.3 Å². The van der Waals surface area contributed by atoms with Crippen molar-refractivity contribution in [1.82, 2.24) is 0 Å². The van der Waals surface area contributed by atoms with E-state index in [9.17, 15) is 4.79 Å². The quantitative estimate of drug-likeness (QED) is 0.647. The number of para-hydroxylation sites is 1. The summed E-state index contributed by atoms with van der Waals surface area (Å²) in [5.41, 5.74) is 0. The van der Waals surface area contributed by atoms with E-state index in [1.807, 2.05) is 30.3 Å². The van der Waals surface area contributed by atoms with Crippen molar-refractivity contribution in [2.24, 2.45) is 0 Å². The van der Waals surface area contributed by atoms with Gasteiger partial charge in [-0.25, -0.2) is 4.79 Å². The van der Waals surface area contributed by atoms with Gasteiger partial charge in [-0.15, -0.1) is 0 Å².